The molecule has 0 aromatic heterocycles. The molecule has 0 saturated carbocycles. The van der Waals surface area contributed by atoms with Crippen LogP contribution in [0.15, 0.2) is 0 Å². The highest BCUT2D eigenvalue weighted by atomic mass is 16.6. The van der Waals surface area contributed by atoms with Gasteiger partial charge >= 0.3 is 5.97 Å². The van der Waals surface area contributed by atoms with Gasteiger partial charge in [0.15, 0.2) is 17.9 Å². The Morgan fingerprint density at radius 1 is 1.06 bits per heavy atom. The van der Waals surface area contributed by atoms with Gasteiger partial charge in [-0.15, -0.1) is 0 Å². The molecule has 192 valence electrons. The van der Waals surface area contributed by atoms with E-state index in [9.17, 15) is 24.3 Å². The number of ether oxygens (including phenoxy) is 1. The summed E-state index contributed by atoms with van der Waals surface area (Å²) in [5.41, 5.74) is -1.64. The fourth-order valence-corrected chi connectivity index (χ4v) is 3.87. The third-order valence-corrected chi connectivity index (χ3v) is 5.92. The average molecular weight is 471 g/mol. The van der Waals surface area contributed by atoms with Crippen LogP contribution in [-0.2, 0) is 23.9 Å². The molecule has 0 aromatic carbocycles. The highest BCUT2D eigenvalue weighted by Gasteiger charge is 2.43. The van der Waals surface area contributed by atoms with Gasteiger partial charge < -0.3 is 20.1 Å². The molecular formula is C25H46N2O6. The summed E-state index contributed by atoms with van der Waals surface area (Å²) in [6, 6.07) is -2.20. The highest BCUT2D eigenvalue weighted by molar-refractivity contribution is 5.92. The Kier molecular flexibility index (Phi) is 12.9. The molecule has 5 atom stereocenters. The Bertz CT molecular complexity index is 670. The minimum Gasteiger partial charge on any atom is -0.452 e. The SMILES string of the molecule is CCCC(C)C(=O)NC(CC(C)C)C(=O)N(C)C(C(=O)OC(C(C)=O)C(C)CC)C(C)(C)O. The largest absolute Gasteiger partial charge is 0.452 e. The molecule has 0 aliphatic heterocycles. The molecule has 0 spiro atoms. The molecule has 33 heavy (non-hydrogen) atoms. The first kappa shape index (κ1) is 31.0. The van der Waals surface area contributed by atoms with E-state index in [-0.39, 0.29) is 29.4 Å². The number of Topliss-reactive ketones (excluding diaryl/α,β-unsaturated/α-hetero) is 1. The number of likely N-dealkylation sites (N-methyl/N-ethyl adjacent to an activating group) is 1. The van der Waals surface area contributed by atoms with Crippen LogP contribution in [0.3, 0.4) is 0 Å². The first-order valence-electron chi connectivity index (χ1n) is 12.1. The monoisotopic (exact) mass is 470 g/mol. The quantitative estimate of drug-likeness (QED) is 0.377. The minimum atomic E-state index is -1.64. The summed E-state index contributed by atoms with van der Waals surface area (Å²) >= 11 is 0. The molecule has 2 amide bonds. The molecule has 0 saturated heterocycles. The maximum Gasteiger partial charge on any atom is 0.332 e. The van der Waals surface area contributed by atoms with Crippen LogP contribution >= 0.6 is 0 Å². The molecule has 0 aliphatic carbocycles. The molecule has 5 unspecified atom stereocenters. The van der Waals surface area contributed by atoms with Crippen molar-refractivity contribution >= 4 is 23.6 Å². The van der Waals surface area contributed by atoms with Crippen LogP contribution in [0.2, 0.25) is 0 Å². The molecule has 0 aliphatic rings. The molecule has 0 aromatic rings. The molecule has 0 radical (unpaired) electrons. The maximum absolute atomic E-state index is 13.4. The third-order valence-electron chi connectivity index (χ3n) is 5.92. The summed E-state index contributed by atoms with van der Waals surface area (Å²) < 4.78 is 5.51. The molecule has 0 rings (SSSR count). The third kappa shape index (κ3) is 9.82. The number of nitrogens with one attached hydrogen (secondary N) is 1. The van der Waals surface area contributed by atoms with Crippen molar-refractivity contribution in [2.24, 2.45) is 17.8 Å². The van der Waals surface area contributed by atoms with Crippen molar-refractivity contribution in [2.45, 2.75) is 112 Å². The van der Waals surface area contributed by atoms with E-state index in [0.29, 0.717) is 19.3 Å². The lowest BCUT2D eigenvalue weighted by Crippen LogP contribution is -2.60. The predicted octanol–water partition coefficient (Wildman–Crippen LogP) is 3.10. The second kappa shape index (κ2) is 13.7. The Labute approximate surface area is 199 Å². The van der Waals surface area contributed by atoms with Crippen LogP contribution in [0.1, 0.15) is 88.0 Å². The highest BCUT2D eigenvalue weighted by Crippen LogP contribution is 2.22. The van der Waals surface area contributed by atoms with Gasteiger partial charge in [0.05, 0.1) is 5.60 Å². The van der Waals surface area contributed by atoms with E-state index in [2.05, 4.69) is 5.32 Å². The molecule has 2 N–H and O–H groups in total. The number of amides is 2. The van der Waals surface area contributed by atoms with Crippen LogP contribution in [0.4, 0.5) is 0 Å². The summed E-state index contributed by atoms with van der Waals surface area (Å²) in [6.07, 6.45) is 1.59. The fourth-order valence-electron chi connectivity index (χ4n) is 3.87. The average Bonchev–Trinajstić information content (AvgIpc) is 2.68. The van der Waals surface area contributed by atoms with Crippen LogP contribution in [0.5, 0.6) is 0 Å². The van der Waals surface area contributed by atoms with Crippen molar-refractivity contribution in [1.82, 2.24) is 10.2 Å². The van der Waals surface area contributed by atoms with E-state index in [1.807, 2.05) is 34.6 Å². The second-order valence-electron chi connectivity index (χ2n) is 10.2. The van der Waals surface area contributed by atoms with Crippen molar-refractivity contribution < 1.29 is 29.0 Å². The molecule has 0 fully saturated rings. The number of rotatable bonds is 14. The van der Waals surface area contributed by atoms with Gasteiger partial charge in [-0.3, -0.25) is 14.4 Å². The number of nitrogens with zero attached hydrogens (tertiary/aromatic N) is 1. The van der Waals surface area contributed by atoms with Gasteiger partial charge in [0.25, 0.3) is 0 Å². The number of carbonyl (C=O) groups is 4. The number of hydrogen-bond donors (Lipinski definition) is 2. The lowest BCUT2D eigenvalue weighted by atomic mass is 9.94. The van der Waals surface area contributed by atoms with E-state index in [1.165, 1.54) is 27.8 Å². The first-order chi connectivity index (χ1) is 15.1. The van der Waals surface area contributed by atoms with Gasteiger partial charge in [0.2, 0.25) is 11.8 Å². The zero-order valence-electron chi connectivity index (χ0n) is 22.2. The Morgan fingerprint density at radius 2 is 1.61 bits per heavy atom. The van der Waals surface area contributed by atoms with E-state index in [0.717, 1.165) is 11.3 Å². The molecule has 8 nitrogen and oxygen atoms in total. The lowest BCUT2D eigenvalue weighted by molar-refractivity contribution is -0.173. The fraction of sp³-hybridized carbons (Fsp3) is 0.840. The summed E-state index contributed by atoms with van der Waals surface area (Å²) in [6.45, 7) is 15.5. The Morgan fingerprint density at radius 3 is 2.00 bits per heavy atom. The number of esters is 1. The number of aliphatic hydroxyl groups is 1. The van der Waals surface area contributed by atoms with E-state index in [1.54, 1.807) is 6.92 Å². The van der Waals surface area contributed by atoms with Gasteiger partial charge in [0, 0.05) is 18.9 Å². The Balaban J connectivity index is 5.90. The van der Waals surface area contributed by atoms with Gasteiger partial charge in [0.1, 0.15) is 6.04 Å². The standard InChI is InChI=1S/C25H46N2O6/c1-11-13-17(6)22(29)26-19(14-15(3)4)23(30)27(10)21(25(8,9)32)24(31)33-20(18(7)28)16(5)12-2/h15-17,19-21,32H,11-14H2,1-10H3,(H,26,29). The normalized spacial score (nSPS) is 16.4. The number of hydrogen-bond acceptors (Lipinski definition) is 6. The van der Waals surface area contributed by atoms with Crippen LogP contribution in [-0.4, -0.2) is 64.4 Å². The topological polar surface area (TPSA) is 113 Å². The summed E-state index contributed by atoms with van der Waals surface area (Å²) in [7, 11) is 1.41. The first-order valence-corrected chi connectivity index (χ1v) is 12.1. The van der Waals surface area contributed by atoms with Crippen molar-refractivity contribution in [3.8, 4) is 0 Å². The molecule has 8 heteroatoms. The van der Waals surface area contributed by atoms with E-state index in [4.69, 9.17) is 4.74 Å². The molecular weight excluding hydrogens is 424 g/mol. The predicted molar refractivity (Wildman–Crippen MR) is 128 cm³/mol. The van der Waals surface area contributed by atoms with Crippen LogP contribution in [0.25, 0.3) is 0 Å². The summed E-state index contributed by atoms with van der Waals surface area (Å²) in [5.74, 6) is -2.21. The van der Waals surface area contributed by atoms with E-state index >= 15 is 0 Å². The van der Waals surface area contributed by atoms with Crippen molar-refractivity contribution in [3.05, 3.63) is 0 Å². The number of carbonyl (C=O) groups excluding carboxylic acids is 4. The van der Waals surface area contributed by atoms with Gasteiger partial charge in [-0.05, 0) is 46.0 Å². The smallest absolute Gasteiger partial charge is 0.332 e. The van der Waals surface area contributed by atoms with Gasteiger partial charge in [-0.25, -0.2) is 4.79 Å². The van der Waals surface area contributed by atoms with Crippen molar-refractivity contribution in [3.63, 3.8) is 0 Å². The van der Waals surface area contributed by atoms with Crippen molar-refractivity contribution in [2.75, 3.05) is 7.05 Å². The van der Waals surface area contributed by atoms with Crippen molar-refractivity contribution in [1.29, 1.82) is 0 Å². The van der Waals surface area contributed by atoms with Crippen LogP contribution < -0.4 is 5.32 Å². The zero-order valence-corrected chi connectivity index (χ0v) is 22.2. The van der Waals surface area contributed by atoms with Gasteiger partial charge in [-0.2, -0.15) is 0 Å². The van der Waals surface area contributed by atoms with Gasteiger partial charge in [-0.1, -0.05) is 48.0 Å². The molecule has 0 bridgehead atoms. The van der Waals surface area contributed by atoms with E-state index < -0.39 is 35.7 Å². The second-order valence-corrected chi connectivity index (χ2v) is 10.2. The Hall–Kier alpha value is -1.96. The summed E-state index contributed by atoms with van der Waals surface area (Å²) in [4.78, 5) is 52.3. The molecule has 0 heterocycles. The maximum atomic E-state index is 13.4. The number of ketones is 1. The summed E-state index contributed by atoms with van der Waals surface area (Å²) in [5, 5.41) is 13.6. The lowest BCUT2D eigenvalue weighted by Gasteiger charge is -2.38. The zero-order chi connectivity index (χ0) is 26.1. The minimum absolute atomic E-state index is 0.106. The van der Waals surface area contributed by atoms with Crippen LogP contribution in [0, 0.1) is 17.8 Å².